The zero-order valence-corrected chi connectivity index (χ0v) is 10.9. The Balaban J connectivity index is 1.87. The summed E-state index contributed by atoms with van der Waals surface area (Å²) in [5.41, 5.74) is 0. The van der Waals surface area contributed by atoms with E-state index in [2.05, 4.69) is 10.2 Å². The molecule has 102 valence electrons. The minimum Gasteiger partial charge on any atom is -0.748 e. The smallest absolute Gasteiger partial charge is 0.0946 e. The number of morpholine rings is 1. The molecule has 0 atom stereocenters. The fourth-order valence-corrected chi connectivity index (χ4v) is 2.25. The van der Waals surface area contributed by atoms with Crippen LogP contribution in [-0.2, 0) is 14.9 Å². The van der Waals surface area contributed by atoms with Crippen LogP contribution in [-0.4, -0.2) is 69.6 Å². The minimum atomic E-state index is -4.05. The minimum absolute atomic E-state index is 0.274. The highest BCUT2D eigenvalue weighted by molar-refractivity contribution is 7.85. The van der Waals surface area contributed by atoms with Crippen molar-refractivity contribution in [1.82, 2.24) is 10.2 Å². The molecule has 0 amide bonds. The lowest BCUT2D eigenvalue weighted by atomic mass is 10.3. The zero-order chi connectivity index (χ0) is 12.6. The number of nitrogens with zero attached hydrogens (tertiary/aromatic N) is 1. The number of nitrogens with one attached hydrogen (secondary N) is 1. The Bertz CT molecular complexity index is 289. The van der Waals surface area contributed by atoms with Gasteiger partial charge in [-0.3, -0.25) is 4.90 Å². The van der Waals surface area contributed by atoms with E-state index >= 15 is 0 Å². The summed E-state index contributed by atoms with van der Waals surface area (Å²) in [6.45, 7) is 6.10. The van der Waals surface area contributed by atoms with Crippen molar-refractivity contribution in [2.75, 3.05) is 51.7 Å². The summed E-state index contributed by atoms with van der Waals surface area (Å²) < 4.78 is 36.2. The summed E-state index contributed by atoms with van der Waals surface area (Å²) in [7, 11) is -4.05. The summed E-state index contributed by atoms with van der Waals surface area (Å²) >= 11 is 0. The molecule has 1 saturated heterocycles. The number of ether oxygens (including phenoxy) is 1. The van der Waals surface area contributed by atoms with E-state index in [-0.39, 0.29) is 5.75 Å². The first-order valence-electron chi connectivity index (χ1n) is 6.02. The molecule has 17 heavy (non-hydrogen) atoms. The molecule has 0 aliphatic carbocycles. The van der Waals surface area contributed by atoms with E-state index in [1.54, 1.807) is 0 Å². The molecule has 0 aromatic heterocycles. The van der Waals surface area contributed by atoms with E-state index in [1.807, 2.05) is 0 Å². The molecule has 1 N–H and O–H groups in total. The van der Waals surface area contributed by atoms with Gasteiger partial charge in [0.05, 0.1) is 23.3 Å². The highest BCUT2D eigenvalue weighted by Crippen LogP contribution is 1.97. The van der Waals surface area contributed by atoms with Gasteiger partial charge in [-0.1, -0.05) is 0 Å². The lowest BCUT2D eigenvalue weighted by Crippen LogP contribution is -2.37. The van der Waals surface area contributed by atoms with Crippen LogP contribution >= 0.6 is 0 Å². The van der Waals surface area contributed by atoms with Crippen molar-refractivity contribution in [3.63, 3.8) is 0 Å². The first kappa shape index (κ1) is 14.8. The Morgan fingerprint density at radius 1 is 1.18 bits per heavy atom. The van der Waals surface area contributed by atoms with E-state index in [0.29, 0.717) is 13.0 Å². The molecule has 0 bridgehead atoms. The van der Waals surface area contributed by atoms with E-state index in [4.69, 9.17) is 4.74 Å². The fraction of sp³-hybridized carbons (Fsp3) is 1.00. The number of hydrogen-bond donors (Lipinski definition) is 1. The van der Waals surface area contributed by atoms with Gasteiger partial charge in [-0.25, -0.2) is 8.42 Å². The number of rotatable bonds is 8. The van der Waals surface area contributed by atoms with Gasteiger partial charge in [0.1, 0.15) is 0 Å². The SMILES string of the molecule is O=S(=O)([O-])CCCNCCCN1CCOCC1. The molecule has 0 saturated carbocycles. The van der Waals surface area contributed by atoms with Crippen molar-refractivity contribution in [3.8, 4) is 0 Å². The quantitative estimate of drug-likeness (QED) is 0.458. The predicted octanol–water partition coefficient (Wildman–Crippen LogP) is -0.766. The summed E-state index contributed by atoms with van der Waals surface area (Å²) in [6, 6.07) is 0. The maximum absolute atomic E-state index is 10.3. The van der Waals surface area contributed by atoms with Gasteiger partial charge in [0, 0.05) is 18.8 Å². The second-order valence-electron chi connectivity index (χ2n) is 4.17. The summed E-state index contributed by atoms with van der Waals surface area (Å²) in [6.07, 6.45) is 1.42. The average Bonchev–Trinajstić information content (AvgIpc) is 2.28. The zero-order valence-electron chi connectivity index (χ0n) is 10.1. The molecule has 0 radical (unpaired) electrons. The Morgan fingerprint density at radius 2 is 1.82 bits per heavy atom. The molecule has 0 spiro atoms. The van der Waals surface area contributed by atoms with Gasteiger partial charge in [0.2, 0.25) is 0 Å². The van der Waals surface area contributed by atoms with Crippen LogP contribution in [0.4, 0.5) is 0 Å². The van der Waals surface area contributed by atoms with Crippen LogP contribution in [0.5, 0.6) is 0 Å². The third kappa shape index (κ3) is 8.50. The van der Waals surface area contributed by atoms with E-state index in [0.717, 1.165) is 45.8 Å². The topological polar surface area (TPSA) is 81.7 Å². The van der Waals surface area contributed by atoms with Gasteiger partial charge in [-0.2, -0.15) is 0 Å². The summed E-state index contributed by atoms with van der Waals surface area (Å²) in [5.74, 6) is -0.274. The van der Waals surface area contributed by atoms with Crippen molar-refractivity contribution in [2.24, 2.45) is 0 Å². The van der Waals surface area contributed by atoms with Crippen molar-refractivity contribution < 1.29 is 17.7 Å². The van der Waals surface area contributed by atoms with Crippen LogP contribution in [0.25, 0.3) is 0 Å². The van der Waals surface area contributed by atoms with Crippen molar-refractivity contribution in [2.45, 2.75) is 12.8 Å². The standard InChI is InChI=1S/C10H22N2O4S/c13-17(14,15)10-2-4-11-3-1-5-12-6-8-16-9-7-12/h11H,1-10H2,(H,13,14,15)/p-1. The predicted molar refractivity (Wildman–Crippen MR) is 63.9 cm³/mol. The molecule has 7 heteroatoms. The first-order chi connectivity index (χ1) is 8.08. The monoisotopic (exact) mass is 265 g/mol. The van der Waals surface area contributed by atoms with Gasteiger partial charge in [0.15, 0.2) is 0 Å². The van der Waals surface area contributed by atoms with Crippen LogP contribution in [0.2, 0.25) is 0 Å². The van der Waals surface area contributed by atoms with Crippen LogP contribution < -0.4 is 5.32 Å². The van der Waals surface area contributed by atoms with Gasteiger partial charge in [-0.15, -0.1) is 0 Å². The van der Waals surface area contributed by atoms with E-state index < -0.39 is 10.1 Å². The molecule has 0 unspecified atom stereocenters. The normalized spacial score (nSPS) is 18.4. The van der Waals surface area contributed by atoms with Crippen molar-refractivity contribution in [3.05, 3.63) is 0 Å². The summed E-state index contributed by atoms with van der Waals surface area (Å²) in [5, 5.41) is 3.14. The molecule has 0 aromatic carbocycles. The van der Waals surface area contributed by atoms with Gasteiger partial charge < -0.3 is 14.6 Å². The van der Waals surface area contributed by atoms with Gasteiger partial charge in [-0.05, 0) is 32.5 Å². The molecule has 6 nitrogen and oxygen atoms in total. The Hall–Kier alpha value is -0.210. The molecule has 1 rings (SSSR count). The first-order valence-corrected chi connectivity index (χ1v) is 7.60. The molecule has 1 aliphatic rings. The molecule has 1 heterocycles. The number of hydrogen-bond acceptors (Lipinski definition) is 6. The lowest BCUT2D eigenvalue weighted by Gasteiger charge is -2.26. The molecular formula is C10H21N2O4S-. The van der Waals surface area contributed by atoms with E-state index in [1.165, 1.54) is 0 Å². The average molecular weight is 265 g/mol. The second kappa shape index (κ2) is 7.99. The van der Waals surface area contributed by atoms with Gasteiger partial charge in [0.25, 0.3) is 0 Å². The molecule has 0 aromatic rings. The van der Waals surface area contributed by atoms with Crippen molar-refractivity contribution >= 4 is 10.1 Å². The Kier molecular flexibility index (Phi) is 6.98. The largest absolute Gasteiger partial charge is 0.748 e. The fourth-order valence-electron chi connectivity index (χ4n) is 1.75. The van der Waals surface area contributed by atoms with E-state index in [9.17, 15) is 13.0 Å². The third-order valence-electron chi connectivity index (χ3n) is 2.68. The summed E-state index contributed by atoms with van der Waals surface area (Å²) in [4.78, 5) is 2.35. The van der Waals surface area contributed by atoms with Crippen LogP contribution in [0.1, 0.15) is 12.8 Å². The third-order valence-corrected chi connectivity index (χ3v) is 3.47. The van der Waals surface area contributed by atoms with Crippen LogP contribution in [0.3, 0.4) is 0 Å². The highest BCUT2D eigenvalue weighted by Gasteiger charge is 2.08. The van der Waals surface area contributed by atoms with Gasteiger partial charge >= 0.3 is 0 Å². The molecule has 1 aliphatic heterocycles. The van der Waals surface area contributed by atoms with Crippen LogP contribution in [0, 0.1) is 0 Å². The Labute approximate surface area is 103 Å². The van der Waals surface area contributed by atoms with Crippen LogP contribution in [0.15, 0.2) is 0 Å². The lowest BCUT2D eigenvalue weighted by molar-refractivity contribution is 0.0375. The second-order valence-corrected chi connectivity index (χ2v) is 5.70. The highest BCUT2D eigenvalue weighted by atomic mass is 32.2. The Morgan fingerprint density at radius 3 is 2.47 bits per heavy atom. The molecule has 1 fully saturated rings. The maximum atomic E-state index is 10.3. The maximum Gasteiger partial charge on any atom is 0.0946 e. The molecular weight excluding hydrogens is 244 g/mol. The van der Waals surface area contributed by atoms with Crippen molar-refractivity contribution in [1.29, 1.82) is 0 Å².